The maximum absolute atomic E-state index is 12.4. The Morgan fingerprint density at radius 2 is 2.00 bits per heavy atom. The Kier molecular flexibility index (Phi) is 4.19. The molecule has 0 aliphatic carbocycles. The zero-order valence-electron chi connectivity index (χ0n) is 11.7. The number of alkyl halides is 3. The van der Waals surface area contributed by atoms with E-state index in [1.807, 2.05) is 0 Å². The highest BCUT2D eigenvalue weighted by Gasteiger charge is 2.32. The maximum Gasteiger partial charge on any atom is 0.573 e. The Bertz CT molecular complexity index is 769. The first-order valence-corrected chi connectivity index (χ1v) is 7.72. The minimum atomic E-state index is -4.83. The predicted octanol–water partition coefficient (Wildman–Crippen LogP) is 2.85. The zero-order chi connectivity index (χ0) is 16.5. The zero-order valence-corrected chi connectivity index (χ0v) is 12.5. The molecule has 2 rings (SSSR count). The molecule has 2 aromatic rings. The van der Waals surface area contributed by atoms with Crippen LogP contribution in [0.15, 0.2) is 41.6 Å². The number of aryl methyl sites for hydroxylation is 1. The smallest absolute Gasteiger partial charge is 0.406 e. The average Bonchev–Trinajstić information content (AvgIpc) is 2.83. The van der Waals surface area contributed by atoms with Gasteiger partial charge in [0.25, 0.3) is 0 Å². The molecule has 0 spiro atoms. The number of nitrogens with zero attached hydrogens (tertiary/aromatic N) is 2. The van der Waals surface area contributed by atoms with E-state index in [1.165, 1.54) is 36.1 Å². The molecule has 1 atom stereocenters. The van der Waals surface area contributed by atoms with E-state index in [9.17, 15) is 21.6 Å². The van der Waals surface area contributed by atoms with Gasteiger partial charge in [0.2, 0.25) is 0 Å². The van der Waals surface area contributed by atoms with Gasteiger partial charge in [-0.15, -0.1) is 13.2 Å². The van der Waals surface area contributed by atoms with Gasteiger partial charge in [-0.25, -0.2) is 8.42 Å². The lowest BCUT2D eigenvalue weighted by atomic mass is 10.1. The van der Waals surface area contributed by atoms with Crippen LogP contribution in [-0.4, -0.2) is 24.6 Å². The minimum Gasteiger partial charge on any atom is -0.406 e. The summed E-state index contributed by atoms with van der Waals surface area (Å²) < 4.78 is 66.7. The fourth-order valence-electron chi connectivity index (χ4n) is 1.89. The lowest BCUT2D eigenvalue weighted by Crippen LogP contribution is -2.17. The number of halogens is 3. The molecule has 0 aliphatic rings. The van der Waals surface area contributed by atoms with Crippen molar-refractivity contribution < 1.29 is 26.3 Å². The van der Waals surface area contributed by atoms with Gasteiger partial charge in [-0.2, -0.15) is 5.10 Å². The molecule has 0 N–H and O–H groups in total. The summed E-state index contributed by atoms with van der Waals surface area (Å²) in [6.45, 7) is 1.40. The van der Waals surface area contributed by atoms with Crippen LogP contribution in [0, 0.1) is 0 Å². The van der Waals surface area contributed by atoms with Crippen LogP contribution in [0.5, 0.6) is 5.75 Å². The molecule has 0 fully saturated rings. The first-order valence-electron chi connectivity index (χ1n) is 6.18. The Morgan fingerprint density at radius 1 is 1.32 bits per heavy atom. The van der Waals surface area contributed by atoms with E-state index in [0.29, 0.717) is 0 Å². The molecule has 5 nitrogen and oxygen atoms in total. The highest BCUT2D eigenvalue weighted by atomic mass is 32.2. The summed E-state index contributed by atoms with van der Waals surface area (Å²) in [6.07, 6.45) is -2.30. The predicted molar refractivity (Wildman–Crippen MR) is 71.9 cm³/mol. The molecule has 0 amide bonds. The maximum atomic E-state index is 12.4. The molecule has 1 aromatic heterocycles. The number of sulfone groups is 1. The summed E-state index contributed by atoms with van der Waals surface area (Å²) >= 11 is 0. The fourth-order valence-corrected chi connectivity index (χ4v) is 3.30. The summed E-state index contributed by atoms with van der Waals surface area (Å²) in [6, 6.07) is 4.92. The minimum absolute atomic E-state index is 0.00430. The third-order valence-electron chi connectivity index (χ3n) is 3.04. The van der Waals surface area contributed by atoms with Crippen LogP contribution < -0.4 is 4.74 Å². The third-order valence-corrected chi connectivity index (χ3v) is 5.11. The summed E-state index contributed by atoms with van der Waals surface area (Å²) in [7, 11) is -2.18. The van der Waals surface area contributed by atoms with Gasteiger partial charge in [0.1, 0.15) is 10.6 Å². The van der Waals surface area contributed by atoms with Crippen LogP contribution in [0.1, 0.15) is 17.7 Å². The molecule has 0 aliphatic heterocycles. The summed E-state index contributed by atoms with van der Waals surface area (Å²) in [5, 5.41) is 2.76. The van der Waals surface area contributed by atoms with Crippen molar-refractivity contribution >= 4 is 9.84 Å². The van der Waals surface area contributed by atoms with E-state index < -0.39 is 27.2 Å². The topological polar surface area (TPSA) is 61.2 Å². The van der Waals surface area contributed by atoms with Crippen molar-refractivity contribution in [1.29, 1.82) is 0 Å². The van der Waals surface area contributed by atoms with Crippen LogP contribution in [0.4, 0.5) is 13.2 Å². The lowest BCUT2D eigenvalue weighted by molar-refractivity contribution is -0.274. The van der Waals surface area contributed by atoms with Gasteiger partial charge >= 0.3 is 6.36 Å². The van der Waals surface area contributed by atoms with Crippen molar-refractivity contribution in [2.75, 3.05) is 0 Å². The molecule has 1 heterocycles. The molecule has 22 heavy (non-hydrogen) atoms. The van der Waals surface area contributed by atoms with Crippen molar-refractivity contribution in [1.82, 2.24) is 9.78 Å². The first kappa shape index (κ1) is 16.3. The van der Waals surface area contributed by atoms with Crippen molar-refractivity contribution in [2.24, 2.45) is 7.05 Å². The second-order valence-electron chi connectivity index (χ2n) is 4.66. The summed E-state index contributed by atoms with van der Waals surface area (Å²) in [5.74, 6) is -0.460. The largest absolute Gasteiger partial charge is 0.573 e. The van der Waals surface area contributed by atoms with Crippen molar-refractivity contribution in [3.05, 3.63) is 42.2 Å². The number of hydrogen-bond donors (Lipinski definition) is 0. The van der Waals surface area contributed by atoms with Gasteiger partial charge in [0, 0.05) is 13.2 Å². The SMILES string of the molecule is CC(c1cccc(OC(F)(F)F)c1)S(=O)(=O)c1cnn(C)c1. The molecule has 1 unspecified atom stereocenters. The number of rotatable bonds is 4. The van der Waals surface area contributed by atoms with E-state index >= 15 is 0 Å². The van der Waals surface area contributed by atoms with Crippen molar-refractivity contribution in [3.63, 3.8) is 0 Å². The Hall–Kier alpha value is -2.03. The van der Waals surface area contributed by atoms with Gasteiger partial charge in [0.05, 0.1) is 11.4 Å². The van der Waals surface area contributed by atoms with E-state index in [0.717, 1.165) is 12.1 Å². The monoisotopic (exact) mass is 334 g/mol. The fraction of sp³-hybridized carbons (Fsp3) is 0.308. The molecular weight excluding hydrogens is 321 g/mol. The number of aromatic nitrogens is 2. The van der Waals surface area contributed by atoms with Gasteiger partial charge in [0.15, 0.2) is 9.84 Å². The first-order chi connectivity index (χ1) is 10.1. The number of benzene rings is 1. The van der Waals surface area contributed by atoms with Crippen molar-refractivity contribution in [3.8, 4) is 5.75 Å². The van der Waals surface area contributed by atoms with Gasteiger partial charge in [-0.3, -0.25) is 4.68 Å². The molecule has 0 saturated heterocycles. The van der Waals surface area contributed by atoms with E-state index in [1.54, 1.807) is 7.05 Å². The molecule has 0 radical (unpaired) electrons. The number of ether oxygens (including phenoxy) is 1. The van der Waals surface area contributed by atoms with E-state index in [4.69, 9.17) is 0 Å². The molecule has 9 heteroatoms. The number of hydrogen-bond acceptors (Lipinski definition) is 4. The Balaban J connectivity index is 2.33. The summed E-state index contributed by atoms with van der Waals surface area (Å²) in [4.78, 5) is 0.00430. The Labute approximate surface area is 125 Å². The van der Waals surface area contributed by atoms with Crippen LogP contribution in [0.3, 0.4) is 0 Å². The van der Waals surface area contributed by atoms with E-state index in [2.05, 4.69) is 9.84 Å². The van der Waals surface area contributed by atoms with Crippen LogP contribution >= 0.6 is 0 Å². The van der Waals surface area contributed by atoms with Gasteiger partial charge < -0.3 is 4.74 Å². The molecule has 1 aromatic carbocycles. The van der Waals surface area contributed by atoms with Crippen LogP contribution in [0.25, 0.3) is 0 Å². The van der Waals surface area contributed by atoms with Crippen LogP contribution in [0.2, 0.25) is 0 Å². The Morgan fingerprint density at radius 3 is 2.55 bits per heavy atom. The van der Waals surface area contributed by atoms with Gasteiger partial charge in [-0.05, 0) is 24.6 Å². The van der Waals surface area contributed by atoms with Crippen LogP contribution in [-0.2, 0) is 16.9 Å². The molecule has 0 bridgehead atoms. The van der Waals surface area contributed by atoms with Gasteiger partial charge in [-0.1, -0.05) is 12.1 Å². The molecule has 0 saturated carbocycles. The standard InChI is InChI=1S/C13H13F3N2O3S/c1-9(22(19,20)12-7-17-18(2)8-12)10-4-3-5-11(6-10)21-13(14,15)16/h3-9H,1-2H3. The molecular formula is C13H13F3N2O3S. The molecule has 120 valence electrons. The average molecular weight is 334 g/mol. The second-order valence-corrected chi connectivity index (χ2v) is 6.93. The normalized spacial score (nSPS) is 13.9. The third kappa shape index (κ3) is 3.59. The highest BCUT2D eigenvalue weighted by molar-refractivity contribution is 7.91. The van der Waals surface area contributed by atoms with E-state index in [-0.39, 0.29) is 10.5 Å². The second kappa shape index (κ2) is 5.64. The lowest BCUT2D eigenvalue weighted by Gasteiger charge is -2.14. The highest BCUT2D eigenvalue weighted by Crippen LogP contribution is 2.31. The van der Waals surface area contributed by atoms with Crippen molar-refractivity contribution in [2.45, 2.75) is 23.4 Å². The summed E-state index contributed by atoms with van der Waals surface area (Å²) in [5.41, 5.74) is 0.200. The quantitative estimate of drug-likeness (QED) is 0.863.